The highest BCUT2D eigenvalue weighted by Crippen LogP contribution is 2.68. The first-order chi connectivity index (χ1) is 17.4. The fourth-order valence-electron chi connectivity index (χ4n) is 6.41. The Balaban J connectivity index is 1.43. The summed E-state index contributed by atoms with van der Waals surface area (Å²) < 4.78 is -0.694. The van der Waals surface area contributed by atoms with Gasteiger partial charge in [-0.15, -0.1) is 11.8 Å². The number of likely N-dealkylation sites (tertiary alicyclic amines) is 1. The molecular formula is C28H33N3O4S. The molecule has 0 aromatic heterocycles. The monoisotopic (exact) mass is 507 g/mol. The summed E-state index contributed by atoms with van der Waals surface area (Å²) in [7, 11) is 0. The van der Waals surface area contributed by atoms with Crippen molar-refractivity contribution in [2.75, 3.05) is 6.61 Å². The van der Waals surface area contributed by atoms with Crippen molar-refractivity contribution in [2.24, 2.45) is 17.8 Å². The predicted octanol–water partition coefficient (Wildman–Crippen LogP) is 2.34. The van der Waals surface area contributed by atoms with Gasteiger partial charge in [0.05, 0.1) is 29.2 Å². The molecule has 3 aliphatic heterocycles. The van der Waals surface area contributed by atoms with Crippen LogP contribution in [0.25, 0.3) is 0 Å². The molecule has 1 spiro atoms. The zero-order valence-corrected chi connectivity index (χ0v) is 21.4. The molecular weight excluding hydrogens is 474 g/mol. The lowest BCUT2D eigenvalue weighted by Crippen LogP contribution is -2.58. The van der Waals surface area contributed by atoms with Gasteiger partial charge in [-0.1, -0.05) is 67.6 Å². The van der Waals surface area contributed by atoms with Crippen LogP contribution in [0.5, 0.6) is 0 Å². The number of hydrogen-bond acceptors (Lipinski definition) is 5. The van der Waals surface area contributed by atoms with E-state index in [0.29, 0.717) is 13.1 Å². The minimum atomic E-state index is -0.738. The molecule has 3 heterocycles. The van der Waals surface area contributed by atoms with E-state index in [2.05, 4.69) is 17.6 Å². The van der Waals surface area contributed by atoms with Crippen LogP contribution >= 0.6 is 11.8 Å². The van der Waals surface area contributed by atoms with Gasteiger partial charge < -0.3 is 20.6 Å². The van der Waals surface area contributed by atoms with E-state index in [1.165, 1.54) is 0 Å². The Bertz CT molecular complexity index is 1130. The fraction of sp³-hybridized carbons (Fsp3) is 0.464. The van der Waals surface area contributed by atoms with Crippen molar-refractivity contribution < 1.29 is 19.5 Å². The van der Waals surface area contributed by atoms with E-state index in [1.54, 1.807) is 23.6 Å². The minimum Gasteiger partial charge on any atom is -0.394 e. The summed E-state index contributed by atoms with van der Waals surface area (Å²) in [5.74, 6) is -1.55. The molecule has 3 amide bonds. The molecule has 3 unspecified atom stereocenters. The number of fused-ring (bicyclic) bond motifs is 1. The molecule has 2 bridgehead atoms. The Morgan fingerprint density at radius 2 is 1.58 bits per heavy atom. The first-order valence-electron chi connectivity index (χ1n) is 12.6. The van der Waals surface area contributed by atoms with Crippen LogP contribution in [0, 0.1) is 17.8 Å². The van der Waals surface area contributed by atoms with Crippen LogP contribution in [0.15, 0.2) is 60.7 Å². The minimum absolute atomic E-state index is 0.0132. The molecule has 2 aromatic carbocycles. The van der Waals surface area contributed by atoms with Gasteiger partial charge in [-0.2, -0.15) is 0 Å². The smallest absolute Gasteiger partial charge is 0.244 e. The normalized spacial score (nSPS) is 31.2. The van der Waals surface area contributed by atoms with Crippen molar-refractivity contribution in [1.29, 1.82) is 0 Å². The Morgan fingerprint density at radius 3 is 2.14 bits per heavy atom. The lowest BCUT2D eigenvalue weighted by atomic mass is 9.66. The topological polar surface area (TPSA) is 98.7 Å². The van der Waals surface area contributed by atoms with Crippen molar-refractivity contribution in [3.8, 4) is 0 Å². The molecule has 3 saturated heterocycles. The number of carbonyl (C=O) groups excluding carboxylic acids is 3. The number of rotatable bonds is 8. The van der Waals surface area contributed by atoms with E-state index < -0.39 is 28.7 Å². The Kier molecular flexibility index (Phi) is 6.83. The van der Waals surface area contributed by atoms with Crippen molar-refractivity contribution >= 4 is 29.5 Å². The van der Waals surface area contributed by atoms with Gasteiger partial charge in [0.1, 0.15) is 6.04 Å². The fourth-order valence-corrected chi connectivity index (χ4v) is 8.81. The summed E-state index contributed by atoms with van der Waals surface area (Å²) in [5.41, 5.74) is 1.97. The van der Waals surface area contributed by atoms with Gasteiger partial charge in [0.2, 0.25) is 17.7 Å². The van der Waals surface area contributed by atoms with Crippen LogP contribution in [0.1, 0.15) is 31.4 Å². The van der Waals surface area contributed by atoms with Crippen molar-refractivity contribution in [2.45, 2.75) is 55.4 Å². The van der Waals surface area contributed by atoms with Crippen LogP contribution in [0.4, 0.5) is 0 Å². The largest absolute Gasteiger partial charge is 0.394 e. The highest BCUT2D eigenvalue weighted by atomic mass is 32.2. The number of hydrogen-bond donors (Lipinski definition) is 3. The molecule has 190 valence electrons. The second kappa shape index (κ2) is 9.90. The lowest BCUT2D eigenvalue weighted by Gasteiger charge is -2.39. The van der Waals surface area contributed by atoms with Gasteiger partial charge in [0.15, 0.2) is 0 Å². The summed E-state index contributed by atoms with van der Waals surface area (Å²) in [6.07, 6.45) is 0.779. The molecule has 7 nitrogen and oxygen atoms in total. The second-order valence-electron chi connectivity index (χ2n) is 10.2. The molecule has 0 saturated carbocycles. The van der Waals surface area contributed by atoms with Crippen LogP contribution in [0.3, 0.4) is 0 Å². The molecule has 2 aromatic rings. The van der Waals surface area contributed by atoms with E-state index >= 15 is 0 Å². The van der Waals surface area contributed by atoms with Gasteiger partial charge in [-0.05, 0) is 30.4 Å². The number of carbonyl (C=O) groups is 3. The highest BCUT2D eigenvalue weighted by Gasteiger charge is 2.76. The van der Waals surface area contributed by atoms with Gasteiger partial charge >= 0.3 is 0 Å². The summed E-state index contributed by atoms with van der Waals surface area (Å²) in [6, 6.07) is 18.1. The quantitative estimate of drug-likeness (QED) is 0.510. The molecule has 8 heteroatoms. The number of thioether (sulfide) groups is 1. The molecule has 0 aliphatic carbocycles. The van der Waals surface area contributed by atoms with E-state index in [4.69, 9.17) is 0 Å². The molecule has 5 rings (SSSR count). The number of aliphatic hydroxyl groups excluding tert-OH is 1. The molecule has 0 radical (unpaired) electrons. The maximum absolute atomic E-state index is 13.9. The van der Waals surface area contributed by atoms with Gasteiger partial charge in [-0.25, -0.2) is 0 Å². The first kappa shape index (κ1) is 24.8. The number of nitrogens with one attached hydrogen (secondary N) is 2. The van der Waals surface area contributed by atoms with E-state index in [-0.39, 0.29) is 35.5 Å². The van der Waals surface area contributed by atoms with E-state index in [0.717, 1.165) is 17.5 Å². The maximum Gasteiger partial charge on any atom is 0.244 e. The second-order valence-corrected chi connectivity index (χ2v) is 11.8. The predicted molar refractivity (Wildman–Crippen MR) is 139 cm³/mol. The summed E-state index contributed by atoms with van der Waals surface area (Å²) in [5, 5.41) is 16.1. The average Bonchev–Trinajstić information content (AvgIpc) is 3.50. The van der Waals surface area contributed by atoms with Crippen molar-refractivity contribution in [1.82, 2.24) is 15.5 Å². The van der Waals surface area contributed by atoms with E-state index in [9.17, 15) is 19.5 Å². The van der Waals surface area contributed by atoms with Gasteiger partial charge in [0.25, 0.3) is 0 Å². The Hall–Kier alpha value is -2.84. The van der Waals surface area contributed by atoms with Crippen LogP contribution in [0.2, 0.25) is 0 Å². The number of amides is 3. The summed E-state index contributed by atoms with van der Waals surface area (Å²) >= 11 is 1.64. The number of benzene rings is 2. The third-order valence-corrected chi connectivity index (χ3v) is 10.2. The van der Waals surface area contributed by atoms with Gasteiger partial charge in [0, 0.05) is 18.3 Å². The molecule has 36 heavy (non-hydrogen) atoms. The molecule has 7 atom stereocenters. The van der Waals surface area contributed by atoms with Crippen LogP contribution < -0.4 is 10.6 Å². The Morgan fingerprint density at radius 1 is 1.03 bits per heavy atom. The maximum atomic E-state index is 13.9. The lowest BCUT2D eigenvalue weighted by molar-refractivity contribution is -0.142. The first-order valence-corrected chi connectivity index (χ1v) is 13.5. The summed E-state index contributed by atoms with van der Waals surface area (Å²) in [6.45, 7) is 4.37. The Labute approximate surface area is 216 Å². The zero-order chi connectivity index (χ0) is 25.4. The third-order valence-electron chi connectivity index (χ3n) is 8.09. The number of aliphatic hydroxyl groups is 1. The van der Waals surface area contributed by atoms with Gasteiger partial charge in [-0.3, -0.25) is 14.4 Å². The number of nitrogens with zero attached hydrogens (tertiary/aromatic N) is 1. The van der Waals surface area contributed by atoms with Crippen molar-refractivity contribution in [3.05, 3.63) is 71.8 Å². The highest BCUT2D eigenvalue weighted by molar-refractivity contribution is 8.02. The van der Waals surface area contributed by atoms with Crippen molar-refractivity contribution in [3.63, 3.8) is 0 Å². The molecule has 3 N–H and O–H groups in total. The summed E-state index contributed by atoms with van der Waals surface area (Å²) in [4.78, 5) is 42.7. The van der Waals surface area contributed by atoms with Crippen LogP contribution in [-0.2, 0) is 27.5 Å². The molecule has 3 aliphatic rings. The van der Waals surface area contributed by atoms with E-state index in [1.807, 2.05) is 60.7 Å². The SMILES string of the molecule is CC1C[C@H]2SC13C(C(=O)NCc1ccccc1)N([C@H](C)CO)C(=O)[C@@H]3[C@H]2C(=O)NCc1ccccc1. The standard InChI is InChI=1S/C28H33N3O4S/c1-17-13-21-22(25(33)29-14-19-9-5-3-6-10-19)23-27(35)31(18(2)16-32)24(28(17,23)36-21)26(34)30-15-20-11-7-4-8-12-20/h3-12,17-18,21-24,32H,13-16H2,1-2H3,(H,29,33)(H,30,34)/t17?,18-,21-,22+,23+,24?,28?/m1/s1. The average molecular weight is 508 g/mol. The van der Waals surface area contributed by atoms with Crippen LogP contribution in [-0.4, -0.2) is 56.4 Å². The zero-order valence-electron chi connectivity index (χ0n) is 20.6. The molecule has 3 fully saturated rings. The third kappa shape index (κ3) is 4.00.